The summed E-state index contributed by atoms with van der Waals surface area (Å²) in [6, 6.07) is 0. The first kappa shape index (κ1) is 14.0. The monoisotopic (exact) mass is 271 g/mol. The van der Waals surface area contributed by atoms with Gasteiger partial charge in [-0.25, -0.2) is 18.1 Å². The summed E-state index contributed by atoms with van der Waals surface area (Å²) in [6.07, 6.45) is -3.39. The second kappa shape index (κ2) is 4.65. The highest BCUT2D eigenvalue weighted by molar-refractivity contribution is 7.89. The van der Waals surface area contributed by atoms with E-state index in [1.807, 2.05) is 0 Å². The Hall–Kier alpha value is -1.09. The molecule has 0 aliphatic rings. The molecule has 0 fully saturated rings. The van der Waals surface area contributed by atoms with Gasteiger partial charge in [-0.3, -0.25) is 0 Å². The maximum absolute atomic E-state index is 11.9. The second-order valence-electron chi connectivity index (χ2n) is 3.35. The molecule has 0 radical (unpaired) electrons. The average molecular weight is 271 g/mol. The number of alkyl halides is 3. The Morgan fingerprint density at radius 1 is 1.47 bits per heavy atom. The third kappa shape index (κ3) is 3.70. The molecule has 0 unspecified atom stereocenters. The molecule has 0 saturated carbocycles. The molecule has 0 spiro atoms. The Labute approximate surface area is 96.7 Å². The zero-order chi connectivity index (χ0) is 13.3. The van der Waals surface area contributed by atoms with E-state index in [4.69, 9.17) is 0 Å². The molecule has 0 aliphatic carbocycles. The molecule has 98 valence electrons. The average Bonchev–Trinajstić information content (AvgIpc) is 2.56. The predicted octanol–water partition coefficient (Wildman–Crippen LogP) is 1.05. The number of rotatable bonds is 4. The van der Waals surface area contributed by atoms with E-state index in [-0.39, 0.29) is 0 Å². The fourth-order valence-electron chi connectivity index (χ4n) is 1.18. The molecular formula is C8H12F3N3O2S. The van der Waals surface area contributed by atoms with Crippen LogP contribution < -0.4 is 4.72 Å². The molecule has 17 heavy (non-hydrogen) atoms. The molecule has 0 aromatic carbocycles. The molecule has 0 amide bonds. The summed E-state index contributed by atoms with van der Waals surface area (Å²) in [7, 11) is -4.21. The molecule has 1 aromatic heterocycles. The molecule has 1 heterocycles. The fourth-order valence-corrected chi connectivity index (χ4v) is 2.20. The van der Waals surface area contributed by atoms with Crippen molar-refractivity contribution in [3.63, 3.8) is 0 Å². The van der Waals surface area contributed by atoms with Gasteiger partial charge < -0.3 is 4.57 Å². The lowest BCUT2D eigenvalue weighted by molar-refractivity contribution is -0.121. The minimum Gasteiger partial charge on any atom is -0.334 e. The maximum Gasteiger partial charge on any atom is 0.402 e. The number of aryl methyl sites for hydroxylation is 2. The lowest BCUT2D eigenvalue weighted by atomic mass is 10.6. The number of hydrogen-bond acceptors (Lipinski definition) is 3. The van der Waals surface area contributed by atoms with Gasteiger partial charge in [-0.2, -0.15) is 13.2 Å². The Bertz CT molecular complexity index is 493. The summed E-state index contributed by atoms with van der Waals surface area (Å²) in [6.45, 7) is 2.24. The van der Waals surface area contributed by atoms with Crippen molar-refractivity contribution in [2.45, 2.75) is 31.6 Å². The standard InChI is InChI=1S/C8H12F3N3O2S/c1-3-14-4-7(13-6(14)2)17(15,16)12-5-8(9,10)11/h4,12H,3,5H2,1-2H3. The molecular weight excluding hydrogens is 259 g/mol. The van der Waals surface area contributed by atoms with Crippen molar-refractivity contribution in [1.29, 1.82) is 0 Å². The number of nitrogens with zero attached hydrogens (tertiary/aromatic N) is 2. The zero-order valence-electron chi connectivity index (χ0n) is 9.24. The zero-order valence-corrected chi connectivity index (χ0v) is 10.1. The second-order valence-corrected chi connectivity index (χ2v) is 5.07. The Balaban J connectivity index is 2.90. The van der Waals surface area contributed by atoms with Crippen molar-refractivity contribution in [2.24, 2.45) is 0 Å². The van der Waals surface area contributed by atoms with Crippen LogP contribution in [0.2, 0.25) is 0 Å². The number of halogens is 3. The normalized spacial score (nSPS) is 13.0. The fraction of sp³-hybridized carbons (Fsp3) is 0.625. The Kier molecular flexibility index (Phi) is 3.82. The highest BCUT2D eigenvalue weighted by Crippen LogP contribution is 2.15. The van der Waals surface area contributed by atoms with Crippen LogP contribution in [0.15, 0.2) is 11.2 Å². The van der Waals surface area contributed by atoms with Crippen molar-refractivity contribution in [3.05, 3.63) is 12.0 Å². The first-order valence-electron chi connectivity index (χ1n) is 4.76. The van der Waals surface area contributed by atoms with Gasteiger partial charge in [0.1, 0.15) is 12.4 Å². The summed E-state index contributed by atoms with van der Waals surface area (Å²) in [5.74, 6) is 0.430. The number of imidazole rings is 1. The van der Waals surface area contributed by atoms with E-state index in [0.717, 1.165) is 0 Å². The van der Waals surface area contributed by atoms with Gasteiger partial charge in [0.15, 0.2) is 5.03 Å². The quantitative estimate of drug-likeness (QED) is 0.890. The molecule has 0 bridgehead atoms. The largest absolute Gasteiger partial charge is 0.402 e. The van der Waals surface area contributed by atoms with Gasteiger partial charge in [-0.15, -0.1) is 0 Å². The molecule has 0 atom stereocenters. The Morgan fingerprint density at radius 2 is 2.06 bits per heavy atom. The molecule has 5 nitrogen and oxygen atoms in total. The highest BCUT2D eigenvalue weighted by atomic mass is 32.2. The molecule has 0 saturated heterocycles. The first-order chi connectivity index (χ1) is 7.65. The van der Waals surface area contributed by atoms with Crippen molar-refractivity contribution in [2.75, 3.05) is 6.54 Å². The smallest absolute Gasteiger partial charge is 0.334 e. The number of hydrogen-bond donors (Lipinski definition) is 1. The van der Waals surface area contributed by atoms with Gasteiger partial charge in [-0.05, 0) is 13.8 Å². The van der Waals surface area contributed by atoms with E-state index >= 15 is 0 Å². The maximum atomic E-state index is 11.9. The van der Waals surface area contributed by atoms with Crippen LogP contribution in [0.3, 0.4) is 0 Å². The number of aromatic nitrogens is 2. The van der Waals surface area contributed by atoms with Gasteiger partial charge in [0.05, 0.1) is 0 Å². The molecule has 0 aliphatic heterocycles. The summed E-state index contributed by atoms with van der Waals surface area (Å²) in [5, 5.41) is -0.402. The lowest BCUT2D eigenvalue weighted by Gasteiger charge is -2.07. The van der Waals surface area contributed by atoms with E-state index in [0.29, 0.717) is 12.4 Å². The Morgan fingerprint density at radius 3 is 2.47 bits per heavy atom. The predicted molar refractivity (Wildman–Crippen MR) is 53.9 cm³/mol. The summed E-state index contributed by atoms with van der Waals surface area (Å²) < 4.78 is 61.6. The van der Waals surface area contributed by atoms with Crippen LogP contribution in [0.4, 0.5) is 13.2 Å². The first-order valence-corrected chi connectivity index (χ1v) is 6.24. The van der Waals surface area contributed by atoms with Gasteiger partial charge in [0, 0.05) is 12.7 Å². The molecule has 9 heteroatoms. The van der Waals surface area contributed by atoms with Crippen LogP contribution in [0.5, 0.6) is 0 Å². The molecule has 1 N–H and O–H groups in total. The van der Waals surface area contributed by atoms with Gasteiger partial charge in [0.2, 0.25) is 0 Å². The third-order valence-corrected chi connectivity index (χ3v) is 3.30. The summed E-state index contributed by atoms with van der Waals surface area (Å²) in [4.78, 5) is 3.70. The van der Waals surface area contributed by atoms with Crippen molar-refractivity contribution < 1.29 is 21.6 Å². The van der Waals surface area contributed by atoms with Crippen molar-refractivity contribution in [3.8, 4) is 0 Å². The van der Waals surface area contributed by atoms with Gasteiger partial charge in [-0.1, -0.05) is 0 Å². The molecule has 1 aromatic rings. The number of nitrogens with one attached hydrogen (secondary N) is 1. The van der Waals surface area contributed by atoms with Crippen LogP contribution in [0, 0.1) is 6.92 Å². The summed E-state index contributed by atoms with van der Waals surface area (Å²) >= 11 is 0. The van der Waals surface area contributed by atoms with Crippen LogP contribution in [-0.2, 0) is 16.6 Å². The van der Waals surface area contributed by atoms with Crippen molar-refractivity contribution >= 4 is 10.0 Å². The minimum absolute atomic E-state index is 0.402. The number of sulfonamides is 1. The molecule has 1 rings (SSSR count). The lowest BCUT2D eigenvalue weighted by Crippen LogP contribution is -2.33. The van der Waals surface area contributed by atoms with E-state index in [1.54, 1.807) is 13.8 Å². The van der Waals surface area contributed by atoms with Crippen LogP contribution in [0.1, 0.15) is 12.7 Å². The SMILES string of the molecule is CCn1cc(S(=O)(=O)NCC(F)(F)F)nc1C. The topological polar surface area (TPSA) is 64.0 Å². The van der Waals surface area contributed by atoms with Gasteiger partial charge in [0.25, 0.3) is 10.0 Å². The highest BCUT2D eigenvalue weighted by Gasteiger charge is 2.30. The van der Waals surface area contributed by atoms with E-state index < -0.39 is 27.8 Å². The van der Waals surface area contributed by atoms with Crippen LogP contribution >= 0.6 is 0 Å². The minimum atomic E-state index is -4.59. The van der Waals surface area contributed by atoms with E-state index in [2.05, 4.69) is 4.98 Å². The summed E-state index contributed by atoms with van der Waals surface area (Å²) in [5.41, 5.74) is 0. The van der Waals surface area contributed by atoms with Crippen LogP contribution in [-0.4, -0.2) is 30.7 Å². The van der Waals surface area contributed by atoms with E-state index in [9.17, 15) is 21.6 Å². The van der Waals surface area contributed by atoms with E-state index in [1.165, 1.54) is 15.5 Å². The van der Waals surface area contributed by atoms with Crippen LogP contribution in [0.25, 0.3) is 0 Å². The van der Waals surface area contributed by atoms with Gasteiger partial charge >= 0.3 is 6.18 Å². The third-order valence-electron chi connectivity index (χ3n) is 2.03. The van der Waals surface area contributed by atoms with Crippen molar-refractivity contribution in [1.82, 2.24) is 14.3 Å².